The molecule has 0 saturated carbocycles. The summed E-state index contributed by atoms with van der Waals surface area (Å²) in [5, 5.41) is 5.69. The van der Waals surface area contributed by atoms with E-state index in [1.807, 2.05) is 36.4 Å². The Kier molecular flexibility index (Phi) is 5.03. The number of benzene rings is 2. The molecule has 2 amide bonds. The highest BCUT2D eigenvalue weighted by molar-refractivity contribution is 6.02. The van der Waals surface area contributed by atoms with Crippen LogP contribution >= 0.6 is 0 Å². The summed E-state index contributed by atoms with van der Waals surface area (Å²) in [5.41, 5.74) is 2.52. The molecule has 0 unspecified atom stereocenters. The van der Waals surface area contributed by atoms with Crippen LogP contribution in [-0.4, -0.2) is 17.9 Å². The number of anilines is 2. The van der Waals surface area contributed by atoms with Gasteiger partial charge in [0.1, 0.15) is 5.75 Å². The monoisotopic (exact) mass is 338 g/mol. The molecule has 0 radical (unpaired) electrons. The minimum Gasteiger partial charge on any atom is -0.478 e. The minimum atomic E-state index is -0.828. The molecule has 25 heavy (non-hydrogen) atoms. The summed E-state index contributed by atoms with van der Waals surface area (Å²) in [7, 11) is 0. The molecule has 1 heterocycles. The molecule has 130 valence electrons. The normalized spacial score (nSPS) is 17.0. The summed E-state index contributed by atoms with van der Waals surface area (Å²) in [4.78, 5) is 24.6. The van der Waals surface area contributed by atoms with Crippen molar-refractivity contribution in [2.24, 2.45) is 0 Å². The lowest BCUT2D eigenvalue weighted by molar-refractivity contribution is -0.128. The highest BCUT2D eigenvalue weighted by Crippen LogP contribution is 2.30. The van der Waals surface area contributed by atoms with Gasteiger partial charge in [0.2, 0.25) is 5.91 Å². The molecule has 1 aliphatic heterocycles. The van der Waals surface area contributed by atoms with Crippen molar-refractivity contribution in [2.45, 2.75) is 38.7 Å². The van der Waals surface area contributed by atoms with E-state index >= 15 is 0 Å². The number of para-hydroxylation sites is 3. The number of carbonyl (C=O) groups is 2. The van der Waals surface area contributed by atoms with Crippen molar-refractivity contribution in [2.75, 3.05) is 10.6 Å². The van der Waals surface area contributed by atoms with Gasteiger partial charge in [-0.05, 0) is 36.1 Å². The molecule has 0 spiro atoms. The third-order valence-electron chi connectivity index (χ3n) is 4.46. The van der Waals surface area contributed by atoms with Crippen molar-refractivity contribution in [1.82, 2.24) is 0 Å². The Morgan fingerprint density at radius 3 is 2.72 bits per heavy atom. The molecule has 5 nitrogen and oxygen atoms in total. The van der Waals surface area contributed by atoms with E-state index in [2.05, 4.69) is 24.5 Å². The van der Waals surface area contributed by atoms with E-state index in [9.17, 15) is 9.59 Å². The van der Waals surface area contributed by atoms with E-state index < -0.39 is 6.10 Å². The van der Waals surface area contributed by atoms with E-state index in [0.717, 1.165) is 17.7 Å². The molecule has 0 bridgehead atoms. The van der Waals surface area contributed by atoms with E-state index in [1.165, 1.54) is 0 Å². The molecular weight excluding hydrogens is 316 g/mol. The van der Waals surface area contributed by atoms with Gasteiger partial charge in [-0.2, -0.15) is 0 Å². The van der Waals surface area contributed by atoms with Gasteiger partial charge in [-0.1, -0.05) is 44.2 Å². The average molecular weight is 338 g/mol. The van der Waals surface area contributed by atoms with Crippen molar-refractivity contribution in [3.63, 3.8) is 0 Å². The van der Waals surface area contributed by atoms with Crippen LogP contribution in [0.1, 0.15) is 38.2 Å². The summed E-state index contributed by atoms with van der Waals surface area (Å²) < 4.78 is 5.68. The van der Waals surface area contributed by atoms with Crippen LogP contribution in [0.25, 0.3) is 0 Å². The fourth-order valence-corrected chi connectivity index (χ4v) is 2.86. The summed E-state index contributed by atoms with van der Waals surface area (Å²) in [6.07, 6.45) is 0.123. The first kappa shape index (κ1) is 17.0. The number of hydrogen-bond acceptors (Lipinski definition) is 3. The number of carbonyl (C=O) groups excluding carboxylic acids is 2. The Morgan fingerprint density at radius 1 is 1.20 bits per heavy atom. The summed E-state index contributed by atoms with van der Waals surface area (Å²) >= 11 is 0. The quantitative estimate of drug-likeness (QED) is 0.868. The van der Waals surface area contributed by atoms with Gasteiger partial charge in [0, 0.05) is 5.69 Å². The zero-order valence-corrected chi connectivity index (χ0v) is 14.4. The van der Waals surface area contributed by atoms with Crippen molar-refractivity contribution in [3.05, 3.63) is 54.1 Å². The average Bonchev–Trinajstić information content (AvgIpc) is 2.62. The topological polar surface area (TPSA) is 67.4 Å². The molecule has 5 heteroatoms. The predicted molar refractivity (Wildman–Crippen MR) is 97.9 cm³/mol. The first-order valence-electron chi connectivity index (χ1n) is 8.53. The van der Waals surface area contributed by atoms with Crippen LogP contribution in [0.5, 0.6) is 5.75 Å². The Hall–Kier alpha value is -2.82. The molecular formula is C20H22N2O3. The Morgan fingerprint density at radius 2 is 1.92 bits per heavy atom. The number of fused-ring (bicyclic) bond motifs is 1. The van der Waals surface area contributed by atoms with Crippen molar-refractivity contribution < 1.29 is 14.3 Å². The molecule has 0 saturated heterocycles. The fraction of sp³-hybridized carbons (Fsp3) is 0.300. The maximum atomic E-state index is 12.4. The standard InChI is InChI=1S/C20H22N2O3/c1-3-13(2)14-8-4-5-9-15(14)21-19(23)12-18-20(24)22-16-10-6-7-11-17(16)25-18/h4-11,13,18H,3,12H2,1-2H3,(H,21,23)(H,22,24)/t13-,18-/m1/s1. The second-order valence-corrected chi connectivity index (χ2v) is 6.24. The van der Waals surface area contributed by atoms with Gasteiger partial charge in [0.15, 0.2) is 6.10 Å². The maximum Gasteiger partial charge on any atom is 0.266 e. The highest BCUT2D eigenvalue weighted by Gasteiger charge is 2.29. The van der Waals surface area contributed by atoms with Gasteiger partial charge in [-0.15, -0.1) is 0 Å². The van der Waals surface area contributed by atoms with Crippen LogP contribution in [0.15, 0.2) is 48.5 Å². The molecule has 0 aliphatic carbocycles. The first-order chi connectivity index (χ1) is 12.1. The Bertz CT molecular complexity index is 788. The summed E-state index contributed by atoms with van der Waals surface area (Å²) in [5.74, 6) is 0.386. The number of hydrogen-bond donors (Lipinski definition) is 2. The first-order valence-corrected chi connectivity index (χ1v) is 8.53. The van der Waals surface area contributed by atoms with Crippen LogP contribution < -0.4 is 15.4 Å². The second kappa shape index (κ2) is 7.38. The number of amides is 2. The van der Waals surface area contributed by atoms with Crippen LogP contribution in [0.2, 0.25) is 0 Å². The zero-order chi connectivity index (χ0) is 17.8. The summed E-state index contributed by atoms with van der Waals surface area (Å²) in [6, 6.07) is 15.0. The van der Waals surface area contributed by atoms with Crippen LogP contribution in [0.4, 0.5) is 11.4 Å². The number of nitrogens with one attached hydrogen (secondary N) is 2. The fourth-order valence-electron chi connectivity index (χ4n) is 2.86. The smallest absolute Gasteiger partial charge is 0.266 e. The van der Waals surface area contributed by atoms with Crippen molar-refractivity contribution in [3.8, 4) is 5.75 Å². The van der Waals surface area contributed by atoms with Gasteiger partial charge in [0.25, 0.3) is 5.91 Å². The molecule has 0 fully saturated rings. The van der Waals surface area contributed by atoms with Gasteiger partial charge in [-0.25, -0.2) is 0 Å². The van der Waals surface area contributed by atoms with Gasteiger partial charge >= 0.3 is 0 Å². The lowest BCUT2D eigenvalue weighted by atomic mass is 9.97. The lowest BCUT2D eigenvalue weighted by Crippen LogP contribution is -2.39. The molecule has 2 aromatic rings. The minimum absolute atomic E-state index is 0.0327. The second-order valence-electron chi connectivity index (χ2n) is 6.24. The van der Waals surface area contributed by atoms with E-state index in [-0.39, 0.29) is 18.2 Å². The molecule has 2 N–H and O–H groups in total. The Balaban J connectivity index is 1.69. The molecule has 2 aromatic carbocycles. The third-order valence-corrected chi connectivity index (χ3v) is 4.46. The summed E-state index contributed by atoms with van der Waals surface area (Å²) in [6.45, 7) is 4.24. The molecule has 0 aromatic heterocycles. The zero-order valence-electron chi connectivity index (χ0n) is 14.4. The van der Waals surface area contributed by atoms with Crippen molar-refractivity contribution in [1.29, 1.82) is 0 Å². The Labute approximate surface area is 147 Å². The number of rotatable bonds is 5. The molecule has 3 rings (SSSR count). The highest BCUT2D eigenvalue weighted by atomic mass is 16.5. The largest absolute Gasteiger partial charge is 0.478 e. The van der Waals surface area contributed by atoms with Crippen LogP contribution in [0.3, 0.4) is 0 Å². The van der Waals surface area contributed by atoms with E-state index in [0.29, 0.717) is 17.4 Å². The SMILES string of the molecule is CC[C@@H](C)c1ccccc1NC(=O)C[C@H]1Oc2ccccc2NC1=O. The van der Waals surface area contributed by atoms with Gasteiger partial charge < -0.3 is 15.4 Å². The lowest BCUT2D eigenvalue weighted by Gasteiger charge is -2.25. The van der Waals surface area contributed by atoms with Gasteiger partial charge in [0.05, 0.1) is 12.1 Å². The molecule has 2 atom stereocenters. The third kappa shape index (κ3) is 3.82. The predicted octanol–water partition coefficient (Wildman–Crippen LogP) is 3.93. The molecule has 1 aliphatic rings. The van der Waals surface area contributed by atoms with E-state index in [1.54, 1.807) is 12.1 Å². The van der Waals surface area contributed by atoms with Crippen molar-refractivity contribution >= 4 is 23.2 Å². The van der Waals surface area contributed by atoms with E-state index in [4.69, 9.17) is 4.74 Å². The van der Waals surface area contributed by atoms with Gasteiger partial charge in [-0.3, -0.25) is 9.59 Å². The number of ether oxygens (including phenoxy) is 1. The maximum absolute atomic E-state index is 12.4. The van der Waals surface area contributed by atoms with Crippen LogP contribution in [-0.2, 0) is 9.59 Å². The van der Waals surface area contributed by atoms with Crippen LogP contribution in [0, 0.1) is 0 Å².